The van der Waals surface area contributed by atoms with Crippen LogP contribution in [0.2, 0.25) is 0 Å². The van der Waals surface area contributed by atoms with Crippen LogP contribution in [0.4, 0.5) is 0 Å². The second-order valence-corrected chi connectivity index (χ2v) is 9.48. The monoisotopic (exact) mass is 391 g/mol. The molecule has 1 aliphatic carbocycles. The van der Waals surface area contributed by atoms with Crippen LogP contribution in [0.25, 0.3) is 11.0 Å². The molecule has 3 aromatic rings. The van der Waals surface area contributed by atoms with E-state index in [2.05, 4.69) is 10.1 Å². The van der Waals surface area contributed by atoms with E-state index >= 15 is 0 Å². The maximum absolute atomic E-state index is 12.7. The topological polar surface area (TPSA) is 73.1 Å². The van der Waals surface area contributed by atoms with Crippen molar-refractivity contribution < 1.29 is 8.42 Å². The van der Waals surface area contributed by atoms with Crippen molar-refractivity contribution in [1.82, 2.24) is 13.9 Å². The number of thiophene rings is 1. The molecule has 8 heteroatoms. The fourth-order valence-corrected chi connectivity index (χ4v) is 5.79. The largest absolute Gasteiger partial charge is 0.328 e. The van der Waals surface area contributed by atoms with Gasteiger partial charge in [-0.3, -0.25) is 9.13 Å². The molecule has 26 heavy (non-hydrogen) atoms. The van der Waals surface area contributed by atoms with Crippen LogP contribution in [0.15, 0.2) is 33.3 Å². The summed E-state index contributed by atoms with van der Waals surface area (Å²) in [6, 6.07) is 4.78. The summed E-state index contributed by atoms with van der Waals surface area (Å²) in [7, 11) is -0.322. The van der Waals surface area contributed by atoms with Crippen LogP contribution in [-0.4, -0.2) is 17.6 Å². The van der Waals surface area contributed by atoms with Gasteiger partial charge in [-0.05, 0) is 60.4 Å². The Bertz CT molecular complexity index is 1150. The Hall–Kier alpha value is -1.90. The molecule has 1 N–H and O–H groups in total. The zero-order valence-corrected chi connectivity index (χ0v) is 16.4. The minimum absolute atomic E-state index is 0.174. The van der Waals surface area contributed by atoms with Crippen LogP contribution >= 0.6 is 11.3 Å². The summed E-state index contributed by atoms with van der Waals surface area (Å²) in [5.41, 5.74) is 3.55. The number of aryl methyl sites for hydroxylation is 3. The van der Waals surface area contributed by atoms with Crippen LogP contribution in [0.5, 0.6) is 0 Å². The second-order valence-electron chi connectivity index (χ2n) is 6.75. The quantitative estimate of drug-likeness (QED) is 0.742. The number of nitrogens with one attached hydrogen (secondary N) is 1. The predicted octanol–water partition coefficient (Wildman–Crippen LogP) is 2.30. The van der Waals surface area contributed by atoms with E-state index in [1.54, 1.807) is 43.6 Å². The van der Waals surface area contributed by atoms with Gasteiger partial charge in [0.05, 0.1) is 15.9 Å². The minimum Gasteiger partial charge on any atom is -0.295 e. The van der Waals surface area contributed by atoms with Gasteiger partial charge >= 0.3 is 5.69 Å². The van der Waals surface area contributed by atoms with Crippen LogP contribution in [0, 0.1) is 0 Å². The molecule has 1 aliphatic rings. The lowest BCUT2D eigenvalue weighted by atomic mass is 9.96. The smallest absolute Gasteiger partial charge is 0.295 e. The molecular weight excluding hydrogens is 370 g/mol. The summed E-state index contributed by atoms with van der Waals surface area (Å²) >= 11 is 1.73. The first-order valence-corrected chi connectivity index (χ1v) is 11.0. The Morgan fingerprint density at radius 1 is 1.12 bits per heavy atom. The van der Waals surface area contributed by atoms with Crippen molar-refractivity contribution in [2.75, 3.05) is 0 Å². The SMILES string of the molecule is Cn1c(=O)n(C)c2cc(S(=O)(=O)NCc3csc4c3CCCC4)ccc21. The fourth-order valence-electron chi connectivity index (χ4n) is 3.62. The zero-order valence-electron chi connectivity index (χ0n) is 14.8. The first-order valence-electron chi connectivity index (χ1n) is 8.62. The highest BCUT2D eigenvalue weighted by atomic mass is 32.2. The Kier molecular flexibility index (Phi) is 4.29. The first-order chi connectivity index (χ1) is 12.4. The van der Waals surface area contributed by atoms with Gasteiger partial charge in [-0.1, -0.05) is 0 Å². The average Bonchev–Trinajstić information content (AvgIpc) is 3.15. The van der Waals surface area contributed by atoms with E-state index in [1.165, 1.54) is 32.4 Å². The Morgan fingerprint density at radius 2 is 1.85 bits per heavy atom. The van der Waals surface area contributed by atoms with E-state index < -0.39 is 10.0 Å². The van der Waals surface area contributed by atoms with Crippen molar-refractivity contribution in [3.8, 4) is 0 Å². The van der Waals surface area contributed by atoms with Crippen LogP contribution in [0.3, 0.4) is 0 Å². The minimum atomic E-state index is -3.64. The summed E-state index contributed by atoms with van der Waals surface area (Å²) in [6.07, 6.45) is 4.52. The number of imidazole rings is 1. The molecule has 0 fully saturated rings. The Balaban J connectivity index is 1.63. The van der Waals surface area contributed by atoms with Gasteiger partial charge in [0.25, 0.3) is 0 Å². The van der Waals surface area contributed by atoms with Gasteiger partial charge in [0.15, 0.2) is 0 Å². The number of sulfonamides is 1. The molecule has 0 amide bonds. The van der Waals surface area contributed by atoms with E-state index in [9.17, 15) is 13.2 Å². The summed E-state index contributed by atoms with van der Waals surface area (Å²) < 4.78 is 31.2. The maximum Gasteiger partial charge on any atom is 0.328 e. The number of aromatic nitrogens is 2. The molecule has 2 heterocycles. The highest BCUT2D eigenvalue weighted by molar-refractivity contribution is 7.89. The highest BCUT2D eigenvalue weighted by Gasteiger charge is 2.20. The predicted molar refractivity (Wildman–Crippen MR) is 103 cm³/mol. The molecule has 0 saturated carbocycles. The fraction of sp³-hybridized carbons (Fsp3) is 0.389. The van der Waals surface area contributed by atoms with Crippen molar-refractivity contribution in [3.05, 3.63) is 50.1 Å². The van der Waals surface area contributed by atoms with E-state index in [-0.39, 0.29) is 10.6 Å². The maximum atomic E-state index is 12.7. The molecule has 0 atom stereocenters. The molecule has 0 bridgehead atoms. The summed E-state index contributed by atoms with van der Waals surface area (Å²) in [5.74, 6) is 0. The van der Waals surface area contributed by atoms with Gasteiger partial charge in [-0.15, -0.1) is 11.3 Å². The molecule has 1 aromatic carbocycles. The molecule has 0 spiro atoms. The molecular formula is C18H21N3O3S2. The molecule has 0 saturated heterocycles. The third-order valence-electron chi connectivity index (χ3n) is 5.15. The number of rotatable bonds is 4. The molecule has 0 radical (unpaired) electrons. The van der Waals surface area contributed by atoms with Gasteiger partial charge in [-0.2, -0.15) is 0 Å². The van der Waals surface area contributed by atoms with E-state index in [1.807, 2.05) is 0 Å². The van der Waals surface area contributed by atoms with Crippen molar-refractivity contribution in [2.45, 2.75) is 37.1 Å². The molecule has 4 rings (SSSR count). The lowest BCUT2D eigenvalue weighted by molar-refractivity contribution is 0.581. The number of hydrogen-bond acceptors (Lipinski definition) is 4. The van der Waals surface area contributed by atoms with Gasteiger partial charge in [0.2, 0.25) is 10.0 Å². The van der Waals surface area contributed by atoms with E-state index in [0.29, 0.717) is 17.6 Å². The summed E-state index contributed by atoms with van der Waals surface area (Å²) in [4.78, 5) is 13.6. The van der Waals surface area contributed by atoms with Crippen LogP contribution < -0.4 is 10.4 Å². The van der Waals surface area contributed by atoms with Crippen molar-refractivity contribution in [2.24, 2.45) is 14.1 Å². The lowest BCUT2D eigenvalue weighted by Crippen LogP contribution is -2.23. The summed E-state index contributed by atoms with van der Waals surface area (Å²) in [5, 5.41) is 2.07. The van der Waals surface area contributed by atoms with Gasteiger partial charge in [0.1, 0.15) is 0 Å². The van der Waals surface area contributed by atoms with Crippen molar-refractivity contribution in [3.63, 3.8) is 0 Å². The number of nitrogens with zero attached hydrogens (tertiary/aromatic N) is 2. The Morgan fingerprint density at radius 3 is 2.65 bits per heavy atom. The van der Waals surface area contributed by atoms with Gasteiger partial charge < -0.3 is 0 Å². The Labute approximate surface area is 156 Å². The molecule has 2 aromatic heterocycles. The van der Waals surface area contributed by atoms with Crippen molar-refractivity contribution in [1.29, 1.82) is 0 Å². The highest BCUT2D eigenvalue weighted by Crippen LogP contribution is 2.30. The molecule has 138 valence electrons. The number of benzene rings is 1. The molecule has 6 nitrogen and oxygen atoms in total. The number of hydrogen-bond donors (Lipinski definition) is 1. The number of fused-ring (bicyclic) bond motifs is 2. The zero-order chi connectivity index (χ0) is 18.5. The second kappa shape index (κ2) is 6.37. The van der Waals surface area contributed by atoms with Crippen LogP contribution in [-0.2, 0) is 43.5 Å². The van der Waals surface area contributed by atoms with Crippen molar-refractivity contribution >= 4 is 32.4 Å². The third-order valence-corrected chi connectivity index (χ3v) is 7.69. The average molecular weight is 392 g/mol. The van der Waals surface area contributed by atoms with E-state index in [0.717, 1.165) is 18.4 Å². The normalized spacial score (nSPS) is 14.7. The summed E-state index contributed by atoms with van der Waals surface area (Å²) in [6.45, 7) is 0.305. The standard InChI is InChI=1S/C18H21N3O3S2/c1-20-15-8-7-13(9-16(15)21(2)18(20)22)26(23,24)19-10-12-11-25-17-6-4-3-5-14(12)17/h7-9,11,19H,3-6,10H2,1-2H3. The first kappa shape index (κ1) is 17.5. The third kappa shape index (κ3) is 2.82. The lowest BCUT2D eigenvalue weighted by Gasteiger charge is -2.13. The van der Waals surface area contributed by atoms with Gasteiger partial charge in [0, 0.05) is 25.5 Å². The van der Waals surface area contributed by atoms with Crippen LogP contribution in [0.1, 0.15) is 28.8 Å². The molecule has 0 unspecified atom stereocenters. The van der Waals surface area contributed by atoms with E-state index in [4.69, 9.17) is 0 Å². The van der Waals surface area contributed by atoms with Gasteiger partial charge in [-0.25, -0.2) is 17.9 Å². The molecule has 0 aliphatic heterocycles.